The first-order chi connectivity index (χ1) is 8.97. The summed E-state index contributed by atoms with van der Waals surface area (Å²) in [6, 6.07) is 9.81. The van der Waals surface area contributed by atoms with Crippen LogP contribution in [0, 0.1) is 12.7 Å². The molecule has 0 aliphatic rings. The average molecular weight is 280 g/mol. The van der Waals surface area contributed by atoms with Crippen LogP contribution in [0.15, 0.2) is 36.4 Å². The summed E-state index contributed by atoms with van der Waals surface area (Å²) in [5.74, 6) is 0.112. The molecule has 0 heterocycles. The quantitative estimate of drug-likeness (QED) is 0.891. The molecule has 0 aromatic heterocycles. The third-order valence-electron chi connectivity index (χ3n) is 2.79. The molecule has 0 aliphatic heterocycles. The van der Waals surface area contributed by atoms with Crippen LogP contribution in [0.25, 0.3) is 0 Å². The van der Waals surface area contributed by atoms with E-state index < -0.39 is 5.82 Å². The van der Waals surface area contributed by atoms with Gasteiger partial charge in [-0.25, -0.2) is 4.39 Å². The molecule has 0 spiro atoms. The van der Waals surface area contributed by atoms with Crippen LogP contribution in [0.5, 0.6) is 11.5 Å². The lowest BCUT2D eigenvalue weighted by molar-refractivity contribution is 0.441. The molecule has 0 amide bonds. The Morgan fingerprint density at radius 3 is 2.42 bits per heavy atom. The summed E-state index contributed by atoms with van der Waals surface area (Å²) in [5.41, 5.74) is 7.44. The van der Waals surface area contributed by atoms with Gasteiger partial charge in [0.1, 0.15) is 5.75 Å². The van der Waals surface area contributed by atoms with Crippen molar-refractivity contribution in [1.29, 1.82) is 0 Å². The molecule has 0 saturated heterocycles. The maximum Gasteiger partial charge on any atom is 0.166 e. The smallest absolute Gasteiger partial charge is 0.166 e. The topological polar surface area (TPSA) is 35.2 Å². The van der Waals surface area contributed by atoms with Crippen LogP contribution in [0.4, 0.5) is 4.39 Å². The van der Waals surface area contributed by atoms with Crippen molar-refractivity contribution in [2.24, 2.45) is 5.73 Å². The van der Waals surface area contributed by atoms with Gasteiger partial charge in [0.15, 0.2) is 11.6 Å². The summed E-state index contributed by atoms with van der Waals surface area (Å²) < 4.78 is 19.4. The molecule has 1 atom stereocenters. The van der Waals surface area contributed by atoms with E-state index in [0.717, 1.165) is 11.1 Å². The molecule has 0 unspecified atom stereocenters. The normalized spacial score (nSPS) is 12.3. The molecule has 2 aromatic carbocycles. The molecule has 2 aromatic rings. The van der Waals surface area contributed by atoms with Gasteiger partial charge < -0.3 is 10.5 Å². The van der Waals surface area contributed by atoms with Crippen LogP contribution in [-0.4, -0.2) is 0 Å². The second-order valence-electron chi connectivity index (χ2n) is 4.51. The zero-order chi connectivity index (χ0) is 14.0. The van der Waals surface area contributed by atoms with E-state index in [4.69, 9.17) is 22.1 Å². The second-order valence-corrected chi connectivity index (χ2v) is 4.92. The second kappa shape index (κ2) is 5.59. The molecule has 2 nitrogen and oxygen atoms in total. The lowest BCUT2D eigenvalue weighted by Gasteiger charge is -2.11. The first-order valence-corrected chi connectivity index (χ1v) is 6.34. The van der Waals surface area contributed by atoms with Gasteiger partial charge in [-0.05, 0) is 49.2 Å². The number of halogens is 2. The van der Waals surface area contributed by atoms with Crippen molar-refractivity contribution in [2.75, 3.05) is 0 Å². The van der Waals surface area contributed by atoms with E-state index in [9.17, 15) is 4.39 Å². The van der Waals surface area contributed by atoms with E-state index in [2.05, 4.69) is 0 Å². The van der Waals surface area contributed by atoms with Crippen molar-refractivity contribution in [3.63, 3.8) is 0 Å². The summed E-state index contributed by atoms with van der Waals surface area (Å²) in [5, 5.41) is 0.454. The molecule has 0 fully saturated rings. The van der Waals surface area contributed by atoms with Crippen molar-refractivity contribution in [2.45, 2.75) is 19.9 Å². The van der Waals surface area contributed by atoms with Crippen molar-refractivity contribution in [3.05, 3.63) is 58.4 Å². The monoisotopic (exact) mass is 279 g/mol. The van der Waals surface area contributed by atoms with Gasteiger partial charge in [0.25, 0.3) is 0 Å². The largest absolute Gasteiger partial charge is 0.453 e. The number of hydrogen-bond acceptors (Lipinski definition) is 2. The molecule has 0 saturated carbocycles. The molecule has 0 radical (unpaired) electrons. The SMILES string of the molecule is Cc1ccc(Oc2ccc([C@@H](C)N)cc2F)c(Cl)c1. The fraction of sp³-hybridized carbons (Fsp3) is 0.200. The Morgan fingerprint density at radius 1 is 1.16 bits per heavy atom. The summed E-state index contributed by atoms with van der Waals surface area (Å²) in [6.07, 6.45) is 0. The van der Waals surface area contributed by atoms with Gasteiger partial charge in [-0.2, -0.15) is 0 Å². The van der Waals surface area contributed by atoms with Crippen molar-refractivity contribution < 1.29 is 9.13 Å². The molecular weight excluding hydrogens is 265 g/mol. The Hall–Kier alpha value is -1.58. The van der Waals surface area contributed by atoms with Gasteiger partial charge >= 0.3 is 0 Å². The predicted molar refractivity (Wildman–Crippen MR) is 75.3 cm³/mol. The van der Waals surface area contributed by atoms with Gasteiger partial charge in [0.05, 0.1) is 5.02 Å². The summed E-state index contributed by atoms with van der Waals surface area (Å²) in [4.78, 5) is 0. The lowest BCUT2D eigenvalue weighted by Crippen LogP contribution is -2.05. The lowest BCUT2D eigenvalue weighted by atomic mass is 10.1. The average Bonchev–Trinajstić information content (AvgIpc) is 2.34. The van der Waals surface area contributed by atoms with Crippen LogP contribution in [0.3, 0.4) is 0 Å². The third-order valence-corrected chi connectivity index (χ3v) is 3.08. The zero-order valence-electron chi connectivity index (χ0n) is 10.8. The summed E-state index contributed by atoms with van der Waals surface area (Å²) in [6.45, 7) is 3.72. The highest BCUT2D eigenvalue weighted by Crippen LogP contribution is 2.32. The Morgan fingerprint density at radius 2 is 1.84 bits per heavy atom. The number of aryl methyl sites for hydroxylation is 1. The van der Waals surface area contributed by atoms with E-state index in [1.54, 1.807) is 31.2 Å². The number of hydrogen-bond donors (Lipinski definition) is 1. The molecule has 100 valence electrons. The molecule has 2 rings (SSSR count). The number of benzene rings is 2. The highest BCUT2D eigenvalue weighted by atomic mass is 35.5. The maximum atomic E-state index is 13.9. The predicted octanol–water partition coefficient (Wildman–Crippen LogP) is 4.60. The number of rotatable bonds is 3. The molecule has 0 aliphatic carbocycles. The highest BCUT2D eigenvalue weighted by molar-refractivity contribution is 6.32. The summed E-state index contributed by atoms with van der Waals surface area (Å²) >= 11 is 6.05. The van der Waals surface area contributed by atoms with Gasteiger partial charge in [0, 0.05) is 6.04 Å². The molecule has 0 bridgehead atoms. The van der Waals surface area contributed by atoms with Gasteiger partial charge in [0.2, 0.25) is 0 Å². The fourth-order valence-corrected chi connectivity index (χ4v) is 1.96. The van der Waals surface area contributed by atoms with Crippen LogP contribution in [-0.2, 0) is 0 Å². The third kappa shape index (κ3) is 3.25. The minimum Gasteiger partial charge on any atom is -0.453 e. The van der Waals surface area contributed by atoms with Crippen molar-refractivity contribution in [3.8, 4) is 11.5 Å². The minimum absolute atomic E-state index is 0.134. The Kier molecular flexibility index (Phi) is 4.08. The van der Waals surface area contributed by atoms with E-state index in [1.807, 2.05) is 13.0 Å². The van der Waals surface area contributed by atoms with Crippen molar-refractivity contribution in [1.82, 2.24) is 0 Å². The first-order valence-electron chi connectivity index (χ1n) is 5.96. The standard InChI is InChI=1S/C15H15ClFNO/c1-9-3-5-14(12(16)7-9)19-15-6-4-11(10(2)18)8-13(15)17/h3-8,10H,18H2,1-2H3/t10-/m1/s1. The van der Waals surface area contributed by atoms with Gasteiger partial charge in [-0.1, -0.05) is 23.7 Å². The van der Waals surface area contributed by atoms with E-state index >= 15 is 0 Å². The molecular formula is C15H15ClFNO. The van der Waals surface area contributed by atoms with E-state index in [-0.39, 0.29) is 11.8 Å². The van der Waals surface area contributed by atoms with E-state index in [1.165, 1.54) is 6.07 Å². The van der Waals surface area contributed by atoms with Gasteiger partial charge in [-0.15, -0.1) is 0 Å². The van der Waals surface area contributed by atoms with Crippen LogP contribution in [0.2, 0.25) is 5.02 Å². The maximum absolute atomic E-state index is 13.9. The summed E-state index contributed by atoms with van der Waals surface area (Å²) in [7, 11) is 0. The van der Waals surface area contributed by atoms with Crippen LogP contribution < -0.4 is 10.5 Å². The van der Waals surface area contributed by atoms with E-state index in [0.29, 0.717) is 10.8 Å². The van der Waals surface area contributed by atoms with Gasteiger partial charge in [-0.3, -0.25) is 0 Å². The minimum atomic E-state index is -0.452. The van der Waals surface area contributed by atoms with Crippen molar-refractivity contribution >= 4 is 11.6 Å². The Labute approximate surface area is 117 Å². The van der Waals surface area contributed by atoms with Crippen LogP contribution in [0.1, 0.15) is 24.1 Å². The Bertz CT molecular complexity index is 599. The molecule has 4 heteroatoms. The first kappa shape index (κ1) is 13.8. The molecule has 19 heavy (non-hydrogen) atoms. The fourth-order valence-electron chi connectivity index (χ4n) is 1.69. The number of ether oxygens (including phenoxy) is 1. The van der Waals surface area contributed by atoms with Crippen LogP contribution >= 0.6 is 11.6 Å². The highest BCUT2D eigenvalue weighted by Gasteiger charge is 2.10. The Balaban J connectivity index is 2.28. The number of nitrogens with two attached hydrogens (primary N) is 1. The zero-order valence-corrected chi connectivity index (χ0v) is 11.5. The molecule has 2 N–H and O–H groups in total.